The molecular weight excluding hydrogens is 660 g/mol. The van der Waals surface area contributed by atoms with E-state index in [0.29, 0.717) is 36.2 Å². The van der Waals surface area contributed by atoms with Crippen LogP contribution in [0.4, 0.5) is 16.2 Å². The zero-order valence-corrected chi connectivity index (χ0v) is 24.2. The van der Waals surface area contributed by atoms with Crippen LogP contribution >= 0.6 is 45.8 Å². The second-order valence-corrected chi connectivity index (χ2v) is 10.2. The van der Waals surface area contributed by atoms with Crippen molar-refractivity contribution in [2.24, 2.45) is 0 Å². The molecule has 12 heteroatoms. The van der Waals surface area contributed by atoms with Crippen LogP contribution in [-0.2, 0) is 14.4 Å². The Labute approximate surface area is 247 Å². The third-order valence-corrected chi connectivity index (χ3v) is 7.08. The number of methoxy groups -OCH3 is 1. The summed E-state index contributed by atoms with van der Waals surface area (Å²) in [5.74, 6) is -1.46. The quantitative estimate of drug-likeness (QED) is 0.191. The average Bonchev–Trinajstić information content (AvgIpc) is 2.89. The second-order valence-electron chi connectivity index (χ2n) is 8.22. The van der Waals surface area contributed by atoms with Gasteiger partial charge in [0, 0.05) is 15.7 Å². The summed E-state index contributed by atoms with van der Waals surface area (Å²) >= 11 is 14.0. The fraction of sp³-hybridized carbons (Fsp3) is 0.111. The van der Waals surface area contributed by atoms with Gasteiger partial charge in [0.15, 0.2) is 18.1 Å². The monoisotopic (exact) mass is 679 g/mol. The molecule has 1 heterocycles. The number of nitrogens with zero attached hydrogens (tertiary/aromatic N) is 1. The molecular formula is C27H20Cl2IN3O6. The van der Waals surface area contributed by atoms with Crippen LogP contribution in [-0.4, -0.2) is 37.5 Å². The topological polar surface area (TPSA) is 114 Å². The largest absolute Gasteiger partial charge is 0.493 e. The van der Waals surface area contributed by atoms with E-state index in [4.69, 9.17) is 32.7 Å². The summed E-state index contributed by atoms with van der Waals surface area (Å²) in [5.41, 5.74) is 1.51. The maximum atomic E-state index is 13.3. The summed E-state index contributed by atoms with van der Waals surface area (Å²) < 4.78 is 11.7. The Morgan fingerprint density at radius 3 is 2.51 bits per heavy atom. The molecule has 1 aliphatic heterocycles. The van der Waals surface area contributed by atoms with Gasteiger partial charge in [-0.3, -0.25) is 19.7 Å². The van der Waals surface area contributed by atoms with E-state index in [1.807, 2.05) is 22.6 Å². The molecule has 0 atom stereocenters. The van der Waals surface area contributed by atoms with Gasteiger partial charge in [0.25, 0.3) is 17.7 Å². The number of halogens is 3. The van der Waals surface area contributed by atoms with Gasteiger partial charge >= 0.3 is 6.03 Å². The number of carbonyl (C=O) groups is 4. The molecule has 200 valence electrons. The van der Waals surface area contributed by atoms with Crippen molar-refractivity contribution in [3.63, 3.8) is 0 Å². The molecule has 39 heavy (non-hydrogen) atoms. The molecule has 0 saturated carbocycles. The van der Waals surface area contributed by atoms with Crippen LogP contribution in [0.15, 0.2) is 60.2 Å². The first-order chi connectivity index (χ1) is 18.6. The number of amides is 5. The number of rotatable bonds is 7. The van der Waals surface area contributed by atoms with E-state index in [-0.39, 0.29) is 23.6 Å². The van der Waals surface area contributed by atoms with Crippen LogP contribution in [0.25, 0.3) is 6.08 Å². The third-order valence-electron chi connectivity index (χ3n) is 5.62. The summed E-state index contributed by atoms with van der Waals surface area (Å²) in [4.78, 5) is 51.7. The summed E-state index contributed by atoms with van der Waals surface area (Å²) in [5, 5.41) is 5.81. The molecule has 0 radical (unpaired) electrons. The highest BCUT2D eigenvalue weighted by Gasteiger charge is 2.37. The smallest absolute Gasteiger partial charge is 0.335 e. The van der Waals surface area contributed by atoms with Gasteiger partial charge in [-0.05, 0) is 95.2 Å². The molecule has 5 amide bonds. The lowest BCUT2D eigenvalue weighted by Gasteiger charge is -2.27. The number of urea groups is 1. The summed E-state index contributed by atoms with van der Waals surface area (Å²) in [6.07, 6.45) is 1.35. The molecule has 1 aliphatic rings. The first kappa shape index (κ1) is 28.4. The maximum Gasteiger partial charge on any atom is 0.335 e. The van der Waals surface area contributed by atoms with E-state index in [1.54, 1.807) is 61.5 Å². The van der Waals surface area contributed by atoms with Crippen LogP contribution < -0.4 is 25.0 Å². The molecule has 4 rings (SSSR count). The highest BCUT2D eigenvalue weighted by atomic mass is 127. The normalized spacial score (nSPS) is 14.3. The van der Waals surface area contributed by atoms with Gasteiger partial charge in [-0.25, -0.2) is 9.69 Å². The first-order valence-corrected chi connectivity index (χ1v) is 13.1. The number of benzene rings is 3. The molecule has 0 aliphatic carbocycles. The fourth-order valence-corrected chi connectivity index (χ4v) is 4.79. The average molecular weight is 680 g/mol. The van der Waals surface area contributed by atoms with Crippen LogP contribution in [0.1, 0.15) is 11.1 Å². The van der Waals surface area contributed by atoms with Crippen molar-refractivity contribution in [3.8, 4) is 11.5 Å². The number of nitrogens with one attached hydrogen (secondary N) is 2. The van der Waals surface area contributed by atoms with E-state index in [1.165, 1.54) is 13.2 Å². The molecule has 3 aromatic carbocycles. The summed E-state index contributed by atoms with van der Waals surface area (Å²) in [7, 11) is 1.42. The first-order valence-electron chi connectivity index (χ1n) is 11.3. The van der Waals surface area contributed by atoms with Gasteiger partial charge < -0.3 is 14.8 Å². The number of hydrogen-bond donors (Lipinski definition) is 2. The van der Waals surface area contributed by atoms with Gasteiger partial charge in [-0.2, -0.15) is 0 Å². The highest BCUT2D eigenvalue weighted by molar-refractivity contribution is 14.1. The SMILES string of the molecule is COc1cc(/C=C2\C(=O)NC(=O)N(c3cccc(Cl)c3C)C2=O)cc(I)c1OCC(=O)Nc1ccc(Cl)cc1. The van der Waals surface area contributed by atoms with Crippen molar-refractivity contribution in [1.82, 2.24) is 5.32 Å². The Kier molecular flexibility index (Phi) is 8.78. The maximum absolute atomic E-state index is 13.3. The third kappa shape index (κ3) is 6.35. The van der Waals surface area contributed by atoms with Gasteiger partial charge in [0.05, 0.1) is 16.4 Å². The highest BCUT2D eigenvalue weighted by Crippen LogP contribution is 2.35. The minimum atomic E-state index is -0.875. The van der Waals surface area contributed by atoms with Crippen LogP contribution in [0.2, 0.25) is 10.0 Å². The number of ether oxygens (including phenoxy) is 2. The Morgan fingerprint density at radius 1 is 1.10 bits per heavy atom. The Morgan fingerprint density at radius 2 is 1.82 bits per heavy atom. The van der Waals surface area contributed by atoms with E-state index in [9.17, 15) is 19.2 Å². The van der Waals surface area contributed by atoms with E-state index < -0.39 is 23.8 Å². The van der Waals surface area contributed by atoms with Crippen molar-refractivity contribution in [3.05, 3.63) is 84.9 Å². The Balaban J connectivity index is 1.57. The van der Waals surface area contributed by atoms with E-state index >= 15 is 0 Å². The minimum Gasteiger partial charge on any atom is -0.493 e. The van der Waals surface area contributed by atoms with Gasteiger partial charge in [0.1, 0.15) is 5.57 Å². The predicted molar refractivity (Wildman–Crippen MR) is 156 cm³/mol. The zero-order valence-electron chi connectivity index (χ0n) is 20.5. The minimum absolute atomic E-state index is 0.260. The lowest BCUT2D eigenvalue weighted by Crippen LogP contribution is -2.54. The molecule has 1 saturated heterocycles. The van der Waals surface area contributed by atoms with Crippen molar-refractivity contribution in [2.45, 2.75) is 6.92 Å². The molecule has 0 aromatic heterocycles. The molecule has 0 spiro atoms. The number of carbonyl (C=O) groups excluding carboxylic acids is 4. The van der Waals surface area contributed by atoms with Gasteiger partial charge in [-0.15, -0.1) is 0 Å². The molecule has 1 fully saturated rings. The van der Waals surface area contributed by atoms with Crippen LogP contribution in [0.5, 0.6) is 11.5 Å². The lowest BCUT2D eigenvalue weighted by atomic mass is 10.1. The number of hydrogen-bond acceptors (Lipinski definition) is 6. The zero-order chi connectivity index (χ0) is 28.3. The molecule has 0 unspecified atom stereocenters. The summed E-state index contributed by atoms with van der Waals surface area (Å²) in [6.45, 7) is 1.37. The van der Waals surface area contributed by atoms with E-state index in [0.717, 1.165) is 4.90 Å². The molecule has 0 bridgehead atoms. The molecule has 3 aromatic rings. The Bertz CT molecular complexity index is 1520. The molecule has 2 N–H and O–H groups in total. The van der Waals surface area contributed by atoms with Crippen LogP contribution in [0.3, 0.4) is 0 Å². The van der Waals surface area contributed by atoms with Crippen molar-refractivity contribution in [2.75, 3.05) is 23.9 Å². The van der Waals surface area contributed by atoms with E-state index in [2.05, 4.69) is 10.6 Å². The standard InChI is InChI=1S/C27H20Cl2IN3O6/c1-14-19(29)4-3-5-21(14)33-26(36)18(25(35)32-27(33)37)10-15-11-20(30)24(22(12-15)38-2)39-13-23(34)31-17-8-6-16(28)7-9-17/h3-12H,13H2,1-2H3,(H,31,34)(H,32,35,37)/b18-10+. The van der Waals surface area contributed by atoms with Crippen molar-refractivity contribution in [1.29, 1.82) is 0 Å². The number of barbiturate groups is 1. The van der Waals surface area contributed by atoms with Gasteiger partial charge in [-0.1, -0.05) is 29.3 Å². The fourth-order valence-electron chi connectivity index (χ4n) is 3.71. The second kappa shape index (κ2) is 12.1. The summed E-state index contributed by atoms with van der Waals surface area (Å²) in [6, 6.07) is 13.8. The van der Waals surface area contributed by atoms with Crippen molar-refractivity contribution >= 4 is 87.0 Å². The van der Waals surface area contributed by atoms with Crippen molar-refractivity contribution < 1.29 is 28.7 Å². The number of imide groups is 2. The Hall–Kier alpha value is -3.61. The molecule has 9 nitrogen and oxygen atoms in total. The number of anilines is 2. The van der Waals surface area contributed by atoms with Crippen LogP contribution in [0, 0.1) is 10.5 Å². The lowest BCUT2D eigenvalue weighted by molar-refractivity contribution is -0.122. The predicted octanol–water partition coefficient (Wildman–Crippen LogP) is 5.60. The van der Waals surface area contributed by atoms with Gasteiger partial charge in [0.2, 0.25) is 0 Å².